The number of non-ortho nitro benzene ring substituents is 1. The number of rotatable bonds is 4. The zero-order valence-corrected chi connectivity index (χ0v) is 16.3. The van der Waals surface area contributed by atoms with E-state index >= 15 is 0 Å². The lowest BCUT2D eigenvalue weighted by molar-refractivity contribution is -0.384. The fourth-order valence-electron chi connectivity index (χ4n) is 2.72. The average molecular weight is 435 g/mol. The highest BCUT2D eigenvalue weighted by Crippen LogP contribution is 2.32. The van der Waals surface area contributed by atoms with E-state index in [2.05, 4.69) is 4.99 Å². The number of nitro groups is 1. The number of benzene rings is 2. The number of thioether (sulfide) groups is 1. The van der Waals surface area contributed by atoms with Crippen LogP contribution in [0.2, 0.25) is 0 Å². The third kappa shape index (κ3) is 5.47. The zero-order valence-electron chi connectivity index (χ0n) is 15.5. The fourth-order valence-corrected chi connectivity index (χ4v) is 3.68. The summed E-state index contributed by atoms with van der Waals surface area (Å²) < 4.78 is 38.8. The van der Waals surface area contributed by atoms with Crippen molar-refractivity contribution < 1.29 is 22.9 Å². The van der Waals surface area contributed by atoms with Crippen molar-refractivity contribution in [1.82, 2.24) is 4.90 Å². The van der Waals surface area contributed by atoms with Gasteiger partial charge in [0, 0.05) is 30.5 Å². The Hall–Kier alpha value is -3.14. The van der Waals surface area contributed by atoms with Crippen LogP contribution in [0.25, 0.3) is 6.08 Å². The van der Waals surface area contributed by atoms with Crippen LogP contribution in [-0.4, -0.2) is 33.2 Å². The summed E-state index contributed by atoms with van der Waals surface area (Å²) in [5, 5.41) is 11.2. The molecule has 156 valence electrons. The van der Waals surface area contributed by atoms with Gasteiger partial charge >= 0.3 is 6.18 Å². The largest absolute Gasteiger partial charge is 0.416 e. The van der Waals surface area contributed by atoms with Crippen LogP contribution in [-0.2, 0) is 11.0 Å². The second-order valence-electron chi connectivity index (χ2n) is 6.32. The number of hydrogen-bond donors (Lipinski definition) is 0. The number of hydrogen-bond acceptors (Lipinski definition) is 5. The Morgan fingerprint density at radius 1 is 1.20 bits per heavy atom. The summed E-state index contributed by atoms with van der Waals surface area (Å²) in [4.78, 5) is 28.6. The minimum Gasteiger partial charge on any atom is -0.288 e. The number of carbonyl (C=O) groups excluding carboxylic acids is 1. The molecule has 0 saturated carbocycles. The smallest absolute Gasteiger partial charge is 0.288 e. The van der Waals surface area contributed by atoms with Gasteiger partial charge in [-0.2, -0.15) is 13.2 Å². The molecule has 1 amide bonds. The van der Waals surface area contributed by atoms with E-state index in [4.69, 9.17) is 0 Å². The summed E-state index contributed by atoms with van der Waals surface area (Å²) in [6.07, 6.45) is -1.04. The number of carbonyl (C=O) groups is 1. The lowest BCUT2D eigenvalue weighted by atomic mass is 10.2. The van der Waals surface area contributed by atoms with Gasteiger partial charge in [-0.15, -0.1) is 0 Å². The van der Waals surface area contributed by atoms with Gasteiger partial charge in [0.2, 0.25) is 0 Å². The zero-order chi connectivity index (χ0) is 21.7. The Labute approximate surface area is 174 Å². The van der Waals surface area contributed by atoms with E-state index in [-0.39, 0.29) is 11.4 Å². The number of amidine groups is 1. The number of aliphatic imine (C=N–C) groups is 1. The van der Waals surface area contributed by atoms with Crippen molar-refractivity contribution in [2.75, 3.05) is 12.3 Å². The summed E-state index contributed by atoms with van der Waals surface area (Å²) >= 11 is 1.29. The normalized spacial score (nSPS) is 16.2. The molecule has 0 N–H and O–H groups in total. The van der Waals surface area contributed by atoms with Crippen LogP contribution >= 0.6 is 11.8 Å². The summed E-state index contributed by atoms with van der Waals surface area (Å²) in [6, 6.07) is 10.4. The van der Waals surface area contributed by atoms with Gasteiger partial charge in [0.05, 0.1) is 16.2 Å². The fraction of sp³-hybridized carbons (Fsp3) is 0.200. The lowest BCUT2D eigenvalue weighted by Crippen LogP contribution is -2.38. The summed E-state index contributed by atoms with van der Waals surface area (Å²) in [6.45, 7) is 0.378. The van der Waals surface area contributed by atoms with Crippen LogP contribution in [0.3, 0.4) is 0 Å². The van der Waals surface area contributed by atoms with Crippen molar-refractivity contribution in [3.8, 4) is 0 Å². The van der Waals surface area contributed by atoms with E-state index in [1.54, 1.807) is 6.07 Å². The second-order valence-corrected chi connectivity index (χ2v) is 7.38. The first-order valence-corrected chi connectivity index (χ1v) is 9.85. The van der Waals surface area contributed by atoms with E-state index < -0.39 is 22.6 Å². The van der Waals surface area contributed by atoms with Crippen molar-refractivity contribution in [2.24, 2.45) is 4.99 Å². The van der Waals surface area contributed by atoms with Crippen LogP contribution in [0, 0.1) is 10.1 Å². The lowest BCUT2D eigenvalue weighted by Gasteiger charge is -2.26. The number of halogens is 3. The standard InChI is InChI=1S/C20H16F3N3O3S/c21-20(22,23)15-5-2-6-16(13-15)24-19-25(10-3-11-30-19)18(27)9-8-14-4-1-7-17(12-14)26(28)29/h1-2,4-9,12-13H,3,10-11H2. The topological polar surface area (TPSA) is 75.8 Å². The highest BCUT2D eigenvalue weighted by molar-refractivity contribution is 8.13. The number of amides is 1. The molecule has 0 aliphatic carbocycles. The van der Waals surface area contributed by atoms with E-state index in [1.807, 2.05) is 0 Å². The summed E-state index contributed by atoms with van der Waals surface area (Å²) in [7, 11) is 0. The van der Waals surface area contributed by atoms with Gasteiger partial charge in [0.15, 0.2) is 5.17 Å². The van der Waals surface area contributed by atoms with E-state index in [0.29, 0.717) is 29.4 Å². The average Bonchev–Trinajstić information content (AvgIpc) is 2.72. The summed E-state index contributed by atoms with van der Waals surface area (Å²) in [5.74, 6) is 0.287. The van der Waals surface area contributed by atoms with E-state index in [1.165, 1.54) is 59.1 Å². The van der Waals surface area contributed by atoms with Gasteiger partial charge in [-0.25, -0.2) is 4.99 Å². The Morgan fingerprint density at radius 2 is 1.97 bits per heavy atom. The molecule has 10 heteroatoms. The predicted molar refractivity (Wildman–Crippen MR) is 109 cm³/mol. The molecule has 1 heterocycles. The SMILES string of the molecule is O=C(C=Cc1cccc([N+](=O)[O-])c1)N1CCCSC1=Nc1cccc(C(F)(F)F)c1. The monoisotopic (exact) mass is 435 g/mol. The van der Waals surface area contributed by atoms with Gasteiger partial charge < -0.3 is 0 Å². The quantitative estimate of drug-likeness (QED) is 0.372. The van der Waals surface area contributed by atoms with Gasteiger partial charge in [-0.3, -0.25) is 19.8 Å². The maximum Gasteiger partial charge on any atom is 0.416 e. The van der Waals surface area contributed by atoms with Crippen molar-refractivity contribution >= 4 is 40.3 Å². The second kappa shape index (κ2) is 9.12. The third-order valence-electron chi connectivity index (χ3n) is 4.15. The molecule has 0 unspecified atom stereocenters. The number of nitro benzene ring substituents is 1. The van der Waals surface area contributed by atoms with Crippen molar-refractivity contribution in [1.29, 1.82) is 0 Å². The summed E-state index contributed by atoms with van der Waals surface area (Å²) in [5.41, 5.74) is -0.313. The number of nitrogens with zero attached hydrogens (tertiary/aromatic N) is 3. The number of alkyl halides is 3. The van der Waals surface area contributed by atoms with Crippen LogP contribution < -0.4 is 0 Å². The molecule has 2 aromatic carbocycles. The van der Waals surface area contributed by atoms with Gasteiger partial charge in [0.25, 0.3) is 11.6 Å². The molecule has 0 atom stereocenters. The molecule has 0 spiro atoms. The Bertz CT molecular complexity index is 1020. The molecule has 6 nitrogen and oxygen atoms in total. The minimum atomic E-state index is -4.48. The van der Waals surface area contributed by atoms with Gasteiger partial charge in [0.1, 0.15) is 0 Å². The molecule has 0 bridgehead atoms. The molecular weight excluding hydrogens is 419 g/mol. The molecule has 1 saturated heterocycles. The molecule has 30 heavy (non-hydrogen) atoms. The minimum absolute atomic E-state index is 0.0927. The molecule has 1 fully saturated rings. The first-order valence-electron chi connectivity index (χ1n) is 8.87. The van der Waals surface area contributed by atoms with Crippen molar-refractivity contribution in [3.63, 3.8) is 0 Å². The Balaban J connectivity index is 1.82. The maximum absolute atomic E-state index is 12.9. The van der Waals surface area contributed by atoms with Gasteiger partial charge in [-0.1, -0.05) is 30.0 Å². The molecule has 1 aliphatic rings. The molecule has 1 aliphatic heterocycles. The highest BCUT2D eigenvalue weighted by atomic mass is 32.2. The maximum atomic E-state index is 12.9. The van der Waals surface area contributed by atoms with Crippen LogP contribution in [0.5, 0.6) is 0 Å². The Kier molecular flexibility index (Phi) is 6.56. The third-order valence-corrected chi connectivity index (χ3v) is 5.21. The molecule has 2 aromatic rings. The molecule has 0 radical (unpaired) electrons. The molecular formula is C20H16F3N3O3S. The predicted octanol–water partition coefficient (Wildman–Crippen LogP) is 5.28. The van der Waals surface area contributed by atoms with Gasteiger partial charge in [-0.05, 0) is 36.3 Å². The molecule has 3 rings (SSSR count). The van der Waals surface area contributed by atoms with Crippen molar-refractivity contribution in [3.05, 3.63) is 75.8 Å². The Morgan fingerprint density at radius 3 is 2.70 bits per heavy atom. The molecule has 0 aromatic heterocycles. The van der Waals surface area contributed by atoms with Crippen LogP contribution in [0.4, 0.5) is 24.5 Å². The highest BCUT2D eigenvalue weighted by Gasteiger charge is 2.30. The first-order chi connectivity index (χ1) is 14.2. The van der Waals surface area contributed by atoms with Crippen LogP contribution in [0.15, 0.2) is 59.6 Å². The first kappa shape index (κ1) is 21.6. The van der Waals surface area contributed by atoms with Crippen LogP contribution in [0.1, 0.15) is 17.5 Å². The van der Waals surface area contributed by atoms with E-state index in [0.717, 1.165) is 12.1 Å². The van der Waals surface area contributed by atoms with E-state index in [9.17, 15) is 28.1 Å². The van der Waals surface area contributed by atoms with Crippen molar-refractivity contribution in [2.45, 2.75) is 12.6 Å².